The molecule has 1 amide bonds. The topological polar surface area (TPSA) is 55.6 Å². The number of benzene rings is 1. The monoisotopic (exact) mass is 318 g/mol. The van der Waals surface area contributed by atoms with E-state index in [1.54, 1.807) is 30.0 Å². The summed E-state index contributed by atoms with van der Waals surface area (Å²) in [7, 11) is 0. The summed E-state index contributed by atoms with van der Waals surface area (Å²) in [5, 5.41) is 3.81. The second-order valence-corrected chi connectivity index (χ2v) is 5.70. The first kappa shape index (κ1) is 15.7. The average Bonchev–Trinajstić information content (AvgIpc) is 3.09. The van der Waals surface area contributed by atoms with E-state index in [1.807, 2.05) is 0 Å². The zero-order valence-electron chi connectivity index (χ0n) is 13.0. The van der Waals surface area contributed by atoms with Crippen molar-refractivity contribution in [2.45, 2.75) is 25.9 Å². The summed E-state index contributed by atoms with van der Waals surface area (Å²) in [6.45, 7) is 3.27. The van der Waals surface area contributed by atoms with Gasteiger partial charge in [0.25, 0.3) is 0 Å². The van der Waals surface area contributed by atoms with Crippen LogP contribution in [0.25, 0.3) is 0 Å². The lowest BCUT2D eigenvalue weighted by Crippen LogP contribution is -2.42. The van der Waals surface area contributed by atoms with E-state index in [9.17, 15) is 9.18 Å². The lowest BCUT2D eigenvalue weighted by Gasteiger charge is -2.33. The van der Waals surface area contributed by atoms with Gasteiger partial charge in [0.1, 0.15) is 18.2 Å². The third-order valence-corrected chi connectivity index (χ3v) is 4.06. The van der Waals surface area contributed by atoms with Crippen molar-refractivity contribution in [2.75, 3.05) is 19.7 Å². The minimum absolute atomic E-state index is 0.0696. The molecule has 1 unspecified atom stereocenters. The summed E-state index contributed by atoms with van der Waals surface area (Å²) in [4.78, 5) is 14.1. The average molecular weight is 318 g/mol. The minimum Gasteiger partial charge on any atom is -0.370 e. The quantitative estimate of drug-likeness (QED) is 0.869. The molecule has 122 valence electrons. The fraction of sp³-hybridized carbons (Fsp3) is 0.412. The van der Waals surface area contributed by atoms with Crippen molar-refractivity contribution in [1.82, 2.24) is 10.1 Å². The van der Waals surface area contributed by atoms with E-state index in [-0.39, 0.29) is 17.8 Å². The molecule has 2 aromatic rings. The van der Waals surface area contributed by atoms with E-state index in [0.717, 1.165) is 11.3 Å². The number of aromatic nitrogens is 1. The molecular weight excluding hydrogens is 299 g/mol. The summed E-state index contributed by atoms with van der Waals surface area (Å²) in [6, 6.07) is 6.70. The van der Waals surface area contributed by atoms with Gasteiger partial charge in [-0.05, 0) is 24.1 Å². The first-order valence-electron chi connectivity index (χ1n) is 7.68. The molecule has 6 heteroatoms. The maximum Gasteiger partial charge on any atom is 0.223 e. The Morgan fingerprint density at radius 1 is 1.43 bits per heavy atom. The molecule has 0 saturated carbocycles. The maximum absolute atomic E-state index is 13.4. The number of hydrogen-bond donors (Lipinski definition) is 0. The Balaban J connectivity index is 1.60. The molecule has 5 nitrogen and oxygen atoms in total. The van der Waals surface area contributed by atoms with Gasteiger partial charge >= 0.3 is 0 Å². The van der Waals surface area contributed by atoms with E-state index in [0.29, 0.717) is 38.1 Å². The Hall–Kier alpha value is -2.21. The summed E-state index contributed by atoms with van der Waals surface area (Å²) >= 11 is 0. The van der Waals surface area contributed by atoms with Gasteiger partial charge in [-0.3, -0.25) is 4.79 Å². The number of halogens is 1. The van der Waals surface area contributed by atoms with Crippen molar-refractivity contribution >= 4 is 5.91 Å². The van der Waals surface area contributed by atoms with E-state index in [2.05, 4.69) is 5.16 Å². The first-order chi connectivity index (χ1) is 11.1. The second kappa shape index (κ2) is 6.91. The molecule has 0 spiro atoms. The Morgan fingerprint density at radius 3 is 3.04 bits per heavy atom. The lowest BCUT2D eigenvalue weighted by molar-refractivity contribution is -0.139. The molecule has 23 heavy (non-hydrogen) atoms. The van der Waals surface area contributed by atoms with Gasteiger partial charge in [-0.2, -0.15) is 0 Å². The Bertz CT molecular complexity index is 672. The number of hydrogen-bond acceptors (Lipinski definition) is 4. The van der Waals surface area contributed by atoms with Crippen molar-refractivity contribution in [3.05, 3.63) is 53.2 Å². The van der Waals surface area contributed by atoms with Crippen LogP contribution in [0.5, 0.6) is 0 Å². The van der Waals surface area contributed by atoms with Crippen LogP contribution in [0.3, 0.4) is 0 Å². The standard InChI is InChI=1S/C17H19FN2O3/c1-12-10-13(2-4-15(12)18)16-11-20(7-9-22-16)17(21)5-3-14-6-8-23-19-14/h2,4,6,8,10,16H,3,5,7,9,11H2,1H3. The lowest BCUT2D eigenvalue weighted by atomic mass is 10.0. The highest BCUT2D eigenvalue weighted by molar-refractivity contribution is 5.76. The van der Waals surface area contributed by atoms with Crippen LogP contribution in [0.1, 0.15) is 29.3 Å². The maximum atomic E-state index is 13.4. The molecule has 1 fully saturated rings. The summed E-state index contributed by atoms with van der Waals surface area (Å²) in [6.07, 6.45) is 2.25. The fourth-order valence-electron chi connectivity index (χ4n) is 2.71. The smallest absolute Gasteiger partial charge is 0.223 e. The van der Waals surface area contributed by atoms with Gasteiger partial charge in [0.05, 0.1) is 18.8 Å². The van der Waals surface area contributed by atoms with Crippen LogP contribution in [0, 0.1) is 12.7 Å². The van der Waals surface area contributed by atoms with Crippen molar-refractivity contribution in [3.8, 4) is 0 Å². The molecule has 1 saturated heterocycles. The third-order valence-electron chi connectivity index (χ3n) is 4.06. The van der Waals surface area contributed by atoms with Gasteiger partial charge in [-0.1, -0.05) is 17.3 Å². The number of rotatable bonds is 4. The van der Waals surface area contributed by atoms with Gasteiger partial charge in [-0.15, -0.1) is 0 Å². The Kier molecular flexibility index (Phi) is 4.71. The van der Waals surface area contributed by atoms with Crippen LogP contribution in [0.4, 0.5) is 4.39 Å². The summed E-state index contributed by atoms with van der Waals surface area (Å²) < 4.78 is 23.9. The van der Waals surface area contributed by atoms with E-state index < -0.39 is 0 Å². The number of carbonyl (C=O) groups excluding carboxylic acids is 1. The molecule has 1 aliphatic rings. The molecular formula is C17H19FN2O3. The zero-order valence-corrected chi connectivity index (χ0v) is 13.0. The summed E-state index contributed by atoms with van der Waals surface area (Å²) in [5.41, 5.74) is 2.26. The molecule has 0 radical (unpaired) electrons. The Labute approximate surface area is 134 Å². The zero-order chi connectivity index (χ0) is 16.2. The Morgan fingerprint density at radius 2 is 2.30 bits per heavy atom. The van der Waals surface area contributed by atoms with E-state index in [1.165, 1.54) is 12.3 Å². The molecule has 3 rings (SSSR count). The molecule has 1 aromatic carbocycles. The number of carbonyl (C=O) groups is 1. The van der Waals surface area contributed by atoms with E-state index in [4.69, 9.17) is 9.26 Å². The highest BCUT2D eigenvalue weighted by Crippen LogP contribution is 2.24. The number of ether oxygens (including phenoxy) is 1. The molecule has 0 aliphatic carbocycles. The van der Waals surface area contributed by atoms with Gasteiger partial charge in [-0.25, -0.2) is 4.39 Å². The van der Waals surface area contributed by atoms with Crippen LogP contribution < -0.4 is 0 Å². The largest absolute Gasteiger partial charge is 0.370 e. The number of nitrogens with zero attached hydrogens (tertiary/aromatic N) is 2. The van der Waals surface area contributed by atoms with Gasteiger partial charge in [0, 0.05) is 25.5 Å². The molecule has 0 bridgehead atoms. The molecule has 1 atom stereocenters. The fourth-order valence-corrected chi connectivity index (χ4v) is 2.71. The molecule has 1 aliphatic heterocycles. The van der Waals surface area contributed by atoms with Gasteiger partial charge in [0.2, 0.25) is 5.91 Å². The molecule has 0 N–H and O–H groups in total. The highest BCUT2D eigenvalue weighted by atomic mass is 19.1. The van der Waals surface area contributed by atoms with Crippen molar-refractivity contribution < 1.29 is 18.4 Å². The number of morpholine rings is 1. The summed E-state index contributed by atoms with van der Waals surface area (Å²) in [5.74, 6) is -0.162. The first-order valence-corrected chi connectivity index (χ1v) is 7.68. The van der Waals surface area contributed by atoms with Crippen molar-refractivity contribution in [2.24, 2.45) is 0 Å². The van der Waals surface area contributed by atoms with Crippen LogP contribution in [0.15, 0.2) is 35.1 Å². The minimum atomic E-state index is -0.231. The highest BCUT2D eigenvalue weighted by Gasteiger charge is 2.25. The SMILES string of the molecule is Cc1cc(C2CN(C(=O)CCc3ccon3)CCO2)ccc1F. The predicted octanol–water partition coefficient (Wildman–Crippen LogP) is 2.65. The normalized spacial score (nSPS) is 18.2. The number of aryl methyl sites for hydroxylation is 2. The van der Waals surface area contributed by atoms with Crippen LogP contribution in [0.2, 0.25) is 0 Å². The van der Waals surface area contributed by atoms with Crippen molar-refractivity contribution in [1.29, 1.82) is 0 Å². The van der Waals surface area contributed by atoms with Crippen LogP contribution >= 0.6 is 0 Å². The second-order valence-electron chi connectivity index (χ2n) is 5.70. The van der Waals surface area contributed by atoms with Crippen molar-refractivity contribution in [3.63, 3.8) is 0 Å². The third kappa shape index (κ3) is 3.76. The molecule has 2 heterocycles. The number of amides is 1. The van der Waals surface area contributed by atoms with Crippen LogP contribution in [-0.4, -0.2) is 35.7 Å². The van der Waals surface area contributed by atoms with Gasteiger partial charge in [0.15, 0.2) is 0 Å². The predicted molar refractivity (Wildman–Crippen MR) is 81.2 cm³/mol. The van der Waals surface area contributed by atoms with Gasteiger partial charge < -0.3 is 14.2 Å². The van der Waals surface area contributed by atoms with Crippen LogP contribution in [-0.2, 0) is 16.0 Å². The molecule has 1 aromatic heterocycles. The van der Waals surface area contributed by atoms with E-state index >= 15 is 0 Å².